The summed E-state index contributed by atoms with van der Waals surface area (Å²) in [7, 11) is 0. The predicted octanol–water partition coefficient (Wildman–Crippen LogP) is 13.9. The Balaban J connectivity index is 0.982. The van der Waals surface area contributed by atoms with Crippen LogP contribution in [0, 0.1) is 0 Å². The van der Waals surface area contributed by atoms with Gasteiger partial charge in [-0.1, -0.05) is 121 Å². The fourth-order valence-corrected chi connectivity index (χ4v) is 8.21. The molecule has 272 valence electrons. The van der Waals surface area contributed by atoms with Gasteiger partial charge in [0.05, 0.1) is 16.9 Å². The van der Waals surface area contributed by atoms with Crippen LogP contribution in [-0.2, 0) is 0 Å². The van der Waals surface area contributed by atoms with Gasteiger partial charge in [-0.05, 0) is 66.2 Å². The Bertz CT molecular complexity index is 3390. The van der Waals surface area contributed by atoms with Crippen molar-refractivity contribution in [2.75, 3.05) is 4.90 Å². The van der Waals surface area contributed by atoms with E-state index in [0.29, 0.717) is 17.5 Å². The van der Waals surface area contributed by atoms with Crippen molar-refractivity contribution in [2.45, 2.75) is 0 Å². The maximum Gasteiger partial charge on any atom is 0.167 e. The lowest BCUT2D eigenvalue weighted by Gasteiger charge is -2.33. The van der Waals surface area contributed by atoms with E-state index >= 15 is 0 Å². The van der Waals surface area contributed by atoms with Crippen LogP contribution >= 0.6 is 0 Å². The molecule has 11 aromatic rings. The minimum Gasteiger partial charge on any atom is -0.455 e. The molecule has 0 unspecified atom stereocenters. The number of hydrogen-bond donors (Lipinski definition) is 0. The Kier molecular flexibility index (Phi) is 7.09. The van der Waals surface area contributed by atoms with Crippen LogP contribution in [0.25, 0.3) is 89.2 Å². The molecule has 3 aromatic heterocycles. The summed E-state index contributed by atoms with van der Waals surface area (Å²) < 4.78 is 19.7. The number of anilines is 3. The summed E-state index contributed by atoms with van der Waals surface area (Å²) in [5.41, 5.74) is 10.6. The number of furan rings is 2. The first-order chi connectivity index (χ1) is 28.7. The molecule has 0 radical (unpaired) electrons. The van der Waals surface area contributed by atoms with E-state index in [0.717, 1.165) is 100 Å². The fourth-order valence-electron chi connectivity index (χ4n) is 8.21. The lowest BCUT2D eigenvalue weighted by Crippen LogP contribution is -2.15. The highest BCUT2D eigenvalue weighted by Gasteiger charge is 2.27. The van der Waals surface area contributed by atoms with Crippen molar-refractivity contribution in [3.8, 4) is 56.8 Å². The smallest absolute Gasteiger partial charge is 0.167 e. The van der Waals surface area contributed by atoms with Crippen molar-refractivity contribution < 1.29 is 13.6 Å². The van der Waals surface area contributed by atoms with E-state index in [2.05, 4.69) is 95.9 Å². The third kappa shape index (κ3) is 5.11. The fraction of sp³-hybridized carbons (Fsp3) is 0. The summed E-state index contributed by atoms with van der Waals surface area (Å²) in [5.74, 6) is 3.22. The van der Waals surface area contributed by atoms with E-state index in [4.69, 9.17) is 28.5 Å². The molecule has 0 fully saturated rings. The highest BCUT2D eigenvalue weighted by molar-refractivity contribution is 6.11. The van der Waals surface area contributed by atoms with Gasteiger partial charge < -0.3 is 18.5 Å². The zero-order valence-electron chi connectivity index (χ0n) is 30.8. The zero-order valence-corrected chi connectivity index (χ0v) is 30.8. The van der Waals surface area contributed by atoms with Crippen LogP contribution in [0.15, 0.2) is 191 Å². The van der Waals surface area contributed by atoms with Gasteiger partial charge in [0.15, 0.2) is 29.0 Å². The van der Waals surface area contributed by atoms with E-state index in [1.54, 1.807) is 0 Å². The number of fused-ring (bicyclic) bond motifs is 8. The number of ether oxygens (including phenoxy) is 1. The predicted molar refractivity (Wildman–Crippen MR) is 231 cm³/mol. The zero-order chi connectivity index (χ0) is 38.2. The normalized spacial score (nSPS) is 12.2. The molecule has 7 nitrogen and oxygen atoms in total. The number of hydrogen-bond acceptors (Lipinski definition) is 7. The first-order valence-electron chi connectivity index (χ1n) is 19.2. The Morgan fingerprint density at radius 2 is 0.966 bits per heavy atom. The van der Waals surface area contributed by atoms with Gasteiger partial charge in [0.1, 0.15) is 22.3 Å². The van der Waals surface area contributed by atoms with Crippen LogP contribution in [0.4, 0.5) is 17.1 Å². The average Bonchev–Trinajstić information content (AvgIpc) is 3.87. The van der Waals surface area contributed by atoms with Gasteiger partial charge in [-0.3, -0.25) is 0 Å². The minimum atomic E-state index is 0.531. The summed E-state index contributed by atoms with van der Waals surface area (Å²) >= 11 is 0. The number of rotatable bonds is 5. The van der Waals surface area contributed by atoms with E-state index in [-0.39, 0.29) is 0 Å². The summed E-state index contributed by atoms with van der Waals surface area (Å²) in [6.07, 6.45) is 0. The molecule has 0 atom stereocenters. The Morgan fingerprint density at radius 1 is 0.362 bits per heavy atom. The Hall–Kier alpha value is -8.03. The maximum atomic E-state index is 6.77. The van der Waals surface area contributed by atoms with E-state index in [1.807, 2.05) is 91.0 Å². The Labute approximate surface area is 332 Å². The lowest BCUT2D eigenvalue weighted by atomic mass is 10.0. The van der Waals surface area contributed by atoms with Gasteiger partial charge in [-0.15, -0.1) is 0 Å². The van der Waals surface area contributed by atoms with Gasteiger partial charge in [-0.25, -0.2) is 15.0 Å². The molecule has 0 aliphatic carbocycles. The molecule has 0 amide bonds. The quantitative estimate of drug-likeness (QED) is 0.173. The molecule has 12 rings (SSSR count). The van der Waals surface area contributed by atoms with Gasteiger partial charge in [-0.2, -0.15) is 0 Å². The second-order valence-corrected chi connectivity index (χ2v) is 14.4. The monoisotopic (exact) mass is 746 g/mol. The topological polar surface area (TPSA) is 77.4 Å². The largest absolute Gasteiger partial charge is 0.455 e. The highest BCUT2D eigenvalue weighted by Crippen LogP contribution is 2.51. The molecule has 0 N–H and O–H groups in total. The first kappa shape index (κ1) is 32.2. The first-order valence-corrected chi connectivity index (χ1v) is 19.2. The van der Waals surface area contributed by atoms with E-state index in [1.165, 1.54) is 0 Å². The van der Waals surface area contributed by atoms with Crippen molar-refractivity contribution in [3.05, 3.63) is 182 Å². The SMILES string of the molecule is c1ccc(-c2nc(-c3ccc4c(c3)oc3c(-c5ccc6c(c5)Oc5ccccc5N6c5ccccc5)cccc34)nc(-c3cccc4c3oc3ccccc34)n2)cc1. The summed E-state index contributed by atoms with van der Waals surface area (Å²) in [6, 6.07) is 61.5. The van der Waals surface area contributed by atoms with Crippen LogP contribution in [0.1, 0.15) is 0 Å². The minimum absolute atomic E-state index is 0.531. The summed E-state index contributed by atoms with van der Waals surface area (Å²) in [6.45, 7) is 0. The Morgan fingerprint density at radius 3 is 1.81 bits per heavy atom. The third-order valence-corrected chi connectivity index (χ3v) is 10.9. The second kappa shape index (κ2) is 12.8. The highest BCUT2D eigenvalue weighted by atomic mass is 16.5. The van der Waals surface area contributed by atoms with Crippen LogP contribution in [0.2, 0.25) is 0 Å². The summed E-state index contributed by atoms with van der Waals surface area (Å²) in [5, 5.41) is 4.09. The van der Waals surface area contributed by atoms with Crippen molar-refractivity contribution in [3.63, 3.8) is 0 Å². The molecule has 0 bridgehead atoms. The van der Waals surface area contributed by atoms with Gasteiger partial charge in [0, 0.05) is 43.9 Å². The van der Waals surface area contributed by atoms with Crippen LogP contribution in [0.5, 0.6) is 11.5 Å². The molecule has 0 saturated carbocycles. The molecule has 1 aliphatic heterocycles. The number of aromatic nitrogens is 3. The number of para-hydroxylation sites is 6. The van der Waals surface area contributed by atoms with Gasteiger partial charge in [0.2, 0.25) is 0 Å². The molecule has 7 heteroatoms. The van der Waals surface area contributed by atoms with Gasteiger partial charge >= 0.3 is 0 Å². The van der Waals surface area contributed by atoms with Crippen molar-refractivity contribution in [1.29, 1.82) is 0 Å². The standard InChI is InChI=1S/C51H30N4O3/c1-3-13-31(14-4-1)49-52-50(54-51(53-49)40-21-12-20-38-36-17-7-9-23-43(36)57-48(38)40)33-25-27-37-39-19-11-18-35(47(39)58-45(37)30-33)32-26-28-42-46(29-32)56-44-24-10-8-22-41(44)55(42)34-15-5-2-6-16-34/h1-30H. The molecular formula is C51H30N4O3. The second-order valence-electron chi connectivity index (χ2n) is 14.4. The maximum absolute atomic E-state index is 6.77. The van der Waals surface area contributed by atoms with Crippen LogP contribution in [0.3, 0.4) is 0 Å². The van der Waals surface area contributed by atoms with E-state index < -0.39 is 0 Å². The summed E-state index contributed by atoms with van der Waals surface area (Å²) in [4.78, 5) is 17.4. The number of benzene rings is 8. The van der Waals surface area contributed by atoms with Crippen LogP contribution < -0.4 is 9.64 Å². The van der Waals surface area contributed by atoms with Crippen LogP contribution in [-0.4, -0.2) is 15.0 Å². The average molecular weight is 747 g/mol. The molecule has 0 saturated heterocycles. The van der Waals surface area contributed by atoms with Crippen molar-refractivity contribution in [1.82, 2.24) is 15.0 Å². The molecular weight excluding hydrogens is 717 g/mol. The number of nitrogens with zero attached hydrogens (tertiary/aromatic N) is 4. The van der Waals surface area contributed by atoms with Crippen molar-refractivity contribution >= 4 is 60.9 Å². The molecule has 1 aliphatic rings. The lowest BCUT2D eigenvalue weighted by molar-refractivity contribution is 0.477. The molecule has 4 heterocycles. The third-order valence-electron chi connectivity index (χ3n) is 10.9. The van der Waals surface area contributed by atoms with Crippen molar-refractivity contribution in [2.24, 2.45) is 0 Å². The van der Waals surface area contributed by atoms with E-state index in [9.17, 15) is 0 Å². The molecule has 58 heavy (non-hydrogen) atoms. The molecule has 8 aromatic carbocycles. The molecule has 0 spiro atoms. The van der Waals surface area contributed by atoms with Gasteiger partial charge in [0.25, 0.3) is 0 Å².